The van der Waals surface area contributed by atoms with Crippen LogP contribution in [-0.4, -0.2) is 43.3 Å². The van der Waals surface area contributed by atoms with Gasteiger partial charge in [-0.1, -0.05) is 27.7 Å². The van der Waals surface area contributed by atoms with Gasteiger partial charge in [0.05, 0.1) is 10.6 Å². The largest absolute Gasteiger partial charge is 0.288 e. The molecule has 1 saturated heterocycles. The summed E-state index contributed by atoms with van der Waals surface area (Å²) in [5.41, 5.74) is 0. The van der Waals surface area contributed by atoms with E-state index in [1.54, 1.807) is 12.1 Å². The Kier molecular flexibility index (Phi) is 4.84. The molecule has 1 heterocycles. The van der Waals surface area contributed by atoms with E-state index >= 15 is 0 Å². The summed E-state index contributed by atoms with van der Waals surface area (Å²) >= 11 is 4.15. The van der Waals surface area contributed by atoms with Gasteiger partial charge in [0, 0.05) is 17.6 Å². The number of nitrogens with zero attached hydrogens (tertiary/aromatic N) is 1. The van der Waals surface area contributed by atoms with Crippen molar-refractivity contribution in [3.63, 3.8) is 0 Å². The summed E-state index contributed by atoms with van der Waals surface area (Å²) in [6.45, 7) is 0.0386. The number of amides is 2. The van der Waals surface area contributed by atoms with E-state index in [1.807, 2.05) is 0 Å². The van der Waals surface area contributed by atoms with Crippen LogP contribution in [0.15, 0.2) is 33.6 Å². The predicted molar refractivity (Wildman–Crippen MR) is 78.9 cm³/mol. The van der Waals surface area contributed by atoms with E-state index in [1.165, 1.54) is 12.1 Å². The molecule has 1 aliphatic heterocycles. The van der Waals surface area contributed by atoms with E-state index in [0.29, 0.717) is 0 Å². The molecule has 9 heteroatoms. The van der Waals surface area contributed by atoms with Crippen molar-refractivity contribution < 1.29 is 18.0 Å². The zero-order chi connectivity index (χ0) is 14.8. The van der Waals surface area contributed by atoms with Crippen LogP contribution in [-0.2, 0) is 14.8 Å². The average molecular weight is 379 g/mol. The van der Waals surface area contributed by atoms with Crippen molar-refractivity contribution >= 4 is 48.9 Å². The van der Waals surface area contributed by atoms with Crippen molar-refractivity contribution in [3.8, 4) is 0 Å². The van der Waals surface area contributed by atoms with E-state index in [-0.39, 0.29) is 34.9 Å². The number of hydrogen-bond acceptors (Lipinski definition) is 5. The van der Waals surface area contributed by atoms with Crippen LogP contribution in [0.2, 0.25) is 0 Å². The van der Waals surface area contributed by atoms with Gasteiger partial charge in [-0.15, -0.1) is 0 Å². The summed E-state index contributed by atoms with van der Waals surface area (Å²) in [6.07, 6.45) is 0. The van der Waals surface area contributed by atoms with Gasteiger partial charge in [0.15, 0.2) is 0 Å². The first-order valence-electron chi connectivity index (χ1n) is 5.62. The molecule has 0 unspecified atom stereocenters. The fourth-order valence-corrected chi connectivity index (χ4v) is 3.62. The summed E-state index contributed by atoms with van der Waals surface area (Å²) in [5.74, 6) is -0.166. The number of sulfonamides is 1. The molecule has 6 nitrogen and oxygen atoms in total. The number of rotatable bonds is 5. The van der Waals surface area contributed by atoms with Crippen molar-refractivity contribution in [3.05, 3.63) is 28.7 Å². The molecule has 2 amide bonds. The van der Waals surface area contributed by atoms with Crippen LogP contribution in [0.25, 0.3) is 0 Å². The smallest absolute Gasteiger partial charge is 0.273 e. The Hall–Kier alpha value is -0.900. The van der Waals surface area contributed by atoms with Gasteiger partial charge in [-0.3, -0.25) is 14.5 Å². The molecule has 1 N–H and O–H groups in total. The van der Waals surface area contributed by atoms with Crippen LogP contribution in [0.1, 0.15) is 0 Å². The average Bonchev–Trinajstić information content (AvgIpc) is 2.71. The Morgan fingerprint density at radius 1 is 1.25 bits per heavy atom. The molecule has 108 valence electrons. The highest BCUT2D eigenvalue weighted by molar-refractivity contribution is 9.10. The summed E-state index contributed by atoms with van der Waals surface area (Å²) in [7, 11) is -3.63. The third kappa shape index (κ3) is 3.60. The minimum atomic E-state index is -3.63. The van der Waals surface area contributed by atoms with Crippen LogP contribution in [0.5, 0.6) is 0 Å². The van der Waals surface area contributed by atoms with Gasteiger partial charge in [0.2, 0.25) is 15.9 Å². The molecule has 1 aromatic rings. The standard InChI is InChI=1S/C11H11BrN2O4S2/c12-8-1-3-9(4-2-8)20(17,18)13-5-6-14-10(15)7-19-11(14)16/h1-4,13H,5-7H2. The number of halogens is 1. The number of carbonyl (C=O) groups excluding carboxylic acids is 2. The highest BCUT2D eigenvalue weighted by atomic mass is 79.9. The lowest BCUT2D eigenvalue weighted by atomic mass is 10.4. The van der Waals surface area contributed by atoms with E-state index in [9.17, 15) is 18.0 Å². The Balaban J connectivity index is 1.94. The molecular weight excluding hydrogens is 368 g/mol. The second-order valence-electron chi connectivity index (χ2n) is 3.95. The van der Waals surface area contributed by atoms with Crippen molar-refractivity contribution in [2.24, 2.45) is 0 Å². The van der Waals surface area contributed by atoms with Crippen molar-refractivity contribution in [1.82, 2.24) is 9.62 Å². The van der Waals surface area contributed by atoms with Crippen LogP contribution >= 0.6 is 27.7 Å². The fraction of sp³-hybridized carbons (Fsp3) is 0.273. The lowest BCUT2D eigenvalue weighted by Crippen LogP contribution is -2.37. The van der Waals surface area contributed by atoms with Crippen LogP contribution in [0.4, 0.5) is 4.79 Å². The molecule has 0 saturated carbocycles. The monoisotopic (exact) mass is 378 g/mol. The molecule has 1 aromatic carbocycles. The first kappa shape index (κ1) is 15.5. The van der Waals surface area contributed by atoms with Gasteiger partial charge in [-0.2, -0.15) is 0 Å². The van der Waals surface area contributed by atoms with Crippen molar-refractivity contribution in [1.29, 1.82) is 0 Å². The lowest BCUT2D eigenvalue weighted by molar-refractivity contribution is -0.124. The minimum absolute atomic E-state index is 0.00353. The number of benzene rings is 1. The highest BCUT2D eigenvalue weighted by Crippen LogP contribution is 2.18. The molecule has 1 fully saturated rings. The first-order valence-corrected chi connectivity index (χ1v) is 8.89. The SMILES string of the molecule is O=C1CSC(=O)N1CCNS(=O)(=O)c1ccc(Br)cc1. The quantitative estimate of drug-likeness (QED) is 0.837. The molecule has 0 atom stereocenters. The number of carbonyl (C=O) groups is 2. The Bertz CT molecular complexity index is 614. The van der Waals surface area contributed by atoms with Gasteiger partial charge in [-0.05, 0) is 24.3 Å². The summed E-state index contributed by atoms with van der Waals surface area (Å²) in [6, 6.07) is 6.18. The molecule has 0 bridgehead atoms. The van der Waals surface area contributed by atoms with E-state index in [2.05, 4.69) is 20.7 Å². The summed E-state index contributed by atoms with van der Waals surface area (Å²) < 4.78 is 27.1. The summed E-state index contributed by atoms with van der Waals surface area (Å²) in [4.78, 5) is 23.9. The third-order valence-electron chi connectivity index (χ3n) is 2.59. The van der Waals surface area contributed by atoms with Gasteiger partial charge in [-0.25, -0.2) is 13.1 Å². The topological polar surface area (TPSA) is 83.6 Å². The molecule has 2 rings (SSSR count). The third-order valence-corrected chi connectivity index (χ3v) is 5.46. The van der Waals surface area contributed by atoms with Crippen LogP contribution in [0, 0.1) is 0 Å². The molecule has 1 aliphatic rings. The highest BCUT2D eigenvalue weighted by Gasteiger charge is 2.29. The maximum Gasteiger partial charge on any atom is 0.288 e. The molecule has 20 heavy (non-hydrogen) atoms. The zero-order valence-electron chi connectivity index (χ0n) is 10.2. The van der Waals surface area contributed by atoms with Crippen LogP contribution < -0.4 is 4.72 Å². The van der Waals surface area contributed by atoms with Crippen LogP contribution in [0.3, 0.4) is 0 Å². The molecule has 0 aliphatic carbocycles. The Morgan fingerprint density at radius 2 is 1.90 bits per heavy atom. The van der Waals surface area contributed by atoms with Gasteiger partial charge >= 0.3 is 0 Å². The number of thioether (sulfide) groups is 1. The van der Waals surface area contributed by atoms with E-state index in [4.69, 9.17) is 0 Å². The molecule has 0 spiro atoms. The second kappa shape index (κ2) is 6.25. The zero-order valence-corrected chi connectivity index (χ0v) is 13.4. The molecule has 0 radical (unpaired) electrons. The van der Waals surface area contributed by atoms with Crippen molar-refractivity contribution in [2.75, 3.05) is 18.8 Å². The minimum Gasteiger partial charge on any atom is -0.273 e. The van der Waals surface area contributed by atoms with Gasteiger partial charge in [0.25, 0.3) is 5.24 Å². The first-order chi connectivity index (χ1) is 9.40. The number of nitrogens with one attached hydrogen (secondary N) is 1. The maximum atomic E-state index is 12.0. The molecular formula is C11H11BrN2O4S2. The predicted octanol–water partition coefficient (Wildman–Crippen LogP) is 1.42. The van der Waals surface area contributed by atoms with E-state index in [0.717, 1.165) is 21.1 Å². The maximum absolute atomic E-state index is 12.0. The van der Waals surface area contributed by atoms with Gasteiger partial charge < -0.3 is 0 Å². The van der Waals surface area contributed by atoms with Crippen molar-refractivity contribution in [2.45, 2.75) is 4.90 Å². The Labute approximate surface area is 129 Å². The normalized spacial score (nSPS) is 15.9. The Morgan fingerprint density at radius 3 is 2.45 bits per heavy atom. The fourth-order valence-electron chi connectivity index (χ4n) is 1.59. The second-order valence-corrected chi connectivity index (χ2v) is 7.56. The number of imide groups is 1. The van der Waals surface area contributed by atoms with E-state index < -0.39 is 10.0 Å². The number of hydrogen-bond donors (Lipinski definition) is 1. The lowest BCUT2D eigenvalue weighted by Gasteiger charge is -2.13. The van der Waals surface area contributed by atoms with Gasteiger partial charge in [0.1, 0.15) is 0 Å². The summed E-state index contributed by atoms with van der Waals surface area (Å²) in [5, 5.41) is -0.335. The molecule has 0 aromatic heterocycles.